The number of carbonyl (C=O) groups excluding carboxylic acids is 2. The highest BCUT2D eigenvalue weighted by molar-refractivity contribution is 5.97. The first-order valence-electron chi connectivity index (χ1n) is 7.06. The van der Waals surface area contributed by atoms with Crippen LogP contribution in [0.4, 0.5) is 4.79 Å². The van der Waals surface area contributed by atoms with Gasteiger partial charge in [-0.15, -0.1) is 0 Å². The molecule has 0 aliphatic carbocycles. The van der Waals surface area contributed by atoms with Crippen LogP contribution in [0.15, 0.2) is 18.3 Å². The predicted molar refractivity (Wildman–Crippen MR) is 82.5 cm³/mol. The smallest absolute Gasteiger partial charge is 0.408 e. The van der Waals surface area contributed by atoms with E-state index in [4.69, 9.17) is 0 Å². The van der Waals surface area contributed by atoms with E-state index in [0.29, 0.717) is 5.69 Å². The number of carbonyl (C=O) groups is 3. The van der Waals surface area contributed by atoms with Crippen LogP contribution in [0, 0.1) is 5.92 Å². The zero-order chi connectivity index (χ0) is 17.1. The van der Waals surface area contributed by atoms with Gasteiger partial charge in [0, 0.05) is 17.7 Å². The molecule has 1 rings (SSSR count). The number of rotatable bonds is 5. The fourth-order valence-corrected chi connectivity index (χ4v) is 1.88. The summed E-state index contributed by atoms with van der Waals surface area (Å²) in [5, 5.41) is 9.18. The van der Waals surface area contributed by atoms with Crippen molar-refractivity contribution in [2.24, 2.45) is 5.92 Å². The van der Waals surface area contributed by atoms with Crippen LogP contribution in [0.25, 0.3) is 0 Å². The number of hydrogen-bond acceptors (Lipinski definition) is 3. The lowest BCUT2D eigenvalue weighted by Gasteiger charge is -2.32. The molecule has 0 radical (unpaired) electrons. The second kappa shape index (κ2) is 6.64. The predicted octanol–water partition coefficient (Wildman–Crippen LogP) is 2.18. The second-order valence-corrected chi connectivity index (χ2v) is 6.36. The zero-order valence-corrected chi connectivity index (χ0v) is 13.6. The van der Waals surface area contributed by atoms with Crippen LogP contribution >= 0.6 is 0 Å². The van der Waals surface area contributed by atoms with Crippen LogP contribution in [0.5, 0.6) is 0 Å². The van der Waals surface area contributed by atoms with E-state index < -0.39 is 17.5 Å². The van der Waals surface area contributed by atoms with E-state index in [0.717, 1.165) is 4.90 Å². The summed E-state index contributed by atoms with van der Waals surface area (Å²) < 4.78 is 1.33. The summed E-state index contributed by atoms with van der Waals surface area (Å²) >= 11 is 0. The zero-order valence-electron chi connectivity index (χ0n) is 13.6. The normalized spacial score (nSPS) is 11.4. The summed E-state index contributed by atoms with van der Waals surface area (Å²) in [7, 11) is 0. The summed E-state index contributed by atoms with van der Waals surface area (Å²) in [5.41, 5.74) is 2.20. The highest BCUT2D eigenvalue weighted by Crippen LogP contribution is 2.13. The maximum Gasteiger partial charge on any atom is 0.408 e. The monoisotopic (exact) mass is 309 g/mol. The Hall–Kier alpha value is -2.31. The number of Topliss-reactive ketones (excluding diaryl/α,β-unsaturated/α-hetero) is 1. The third kappa shape index (κ3) is 4.34. The number of amides is 2. The SMILES string of the molecule is CC(C)C(=O)c1cccn1NC(=O)CN(C(=O)O)C(C)(C)C. The second-order valence-electron chi connectivity index (χ2n) is 6.36. The fourth-order valence-electron chi connectivity index (χ4n) is 1.88. The molecule has 0 unspecified atom stereocenters. The molecule has 2 N–H and O–H groups in total. The van der Waals surface area contributed by atoms with Crippen LogP contribution in [0.2, 0.25) is 0 Å². The molecule has 0 atom stereocenters. The van der Waals surface area contributed by atoms with Gasteiger partial charge in [-0.25, -0.2) is 4.79 Å². The van der Waals surface area contributed by atoms with E-state index in [-0.39, 0.29) is 18.2 Å². The van der Waals surface area contributed by atoms with Gasteiger partial charge >= 0.3 is 6.09 Å². The molecule has 0 saturated carbocycles. The molecule has 1 aromatic rings. The number of ketones is 1. The fraction of sp³-hybridized carbons (Fsp3) is 0.533. The van der Waals surface area contributed by atoms with Crippen LogP contribution in [0.3, 0.4) is 0 Å². The van der Waals surface area contributed by atoms with Crippen molar-refractivity contribution in [3.05, 3.63) is 24.0 Å². The van der Waals surface area contributed by atoms with E-state index in [1.807, 2.05) is 0 Å². The summed E-state index contributed by atoms with van der Waals surface area (Å²) in [5.74, 6) is -0.807. The molecule has 7 nitrogen and oxygen atoms in total. The van der Waals surface area contributed by atoms with Crippen molar-refractivity contribution in [3.8, 4) is 0 Å². The average Bonchev–Trinajstić information content (AvgIpc) is 2.81. The van der Waals surface area contributed by atoms with Crippen molar-refractivity contribution < 1.29 is 19.5 Å². The standard InChI is InChI=1S/C15H23N3O4/c1-10(2)13(20)11-7-6-8-18(11)16-12(19)9-17(14(21)22)15(3,4)5/h6-8,10H,9H2,1-5H3,(H,16,19)(H,21,22). The summed E-state index contributed by atoms with van der Waals surface area (Å²) in [6.07, 6.45) is 0.379. The Bertz CT molecular complexity index is 570. The van der Waals surface area contributed by atoms with Gasteiger partial charge in [-0.05, 0) is 32.9 Å². The molecule has 1 heterocycles. The number of carboxylic acid groups (broad SMARTS) is 1. The quantitative estimate of drug-likeness (QED) is 0.815. The van der Waals surface area contributed by atoms with Gasteiger partial charge in [-0.3, -0.25) is 24.6 Å². The molecular weight excluding hydrogens is 286 g/mol. The first kappa shape index (κ1) is 17.7. The Morgan fingerprint density at radius 3 is 2.36 bits per heavy atom. The lowest BCUT2D eigenvalue weighted by atomic mass is 10.1. The van der Waals surface area contributed by atoms with Gasteiger partial charge < -0.3 is 5.11 Å². The molecule has 22 heavy (non-hydrogen) atoms. The summed E-state index contributed by atoms with van der Waals surface area (Å²) in [4.78, 5) is 36.4. The molecule has 0 aliphatic rings. The van der Waals surface area contributed by atoms with Crippen LogP contribution in [-0.2, 0) is 4.79 Å². The van der Waals surface area contributed by atoms with E-state index in [9.17, 15) is 19.5 Å². The molecule has 1 aromatic heterocycles. The molecule has 122 valence electrons. The Labute approximate surface area is 129 Å². The first-order valence-corrected chi connectivity index (χ1v) is 7.06. The average molecular weight is 309 g/mol. The van der Waals surface area contributed by atoms with Crippen LogP contribution < -0.4 is 5.43 Å². The van der Waals surface area contributed by atoms with Gasteiger partial charge in [0.2, 0.25) is 0 Å². The molecule has 7 heteroatoms. The van der Waals surface area contributed by atoms with Crippen molar-refractivity contribution in [1.82, 2.24) is 9.58 Å². The lowest BCUT2D eigenvalue weighted by Crippen LogP contribution is -2.49. The molecular formula is C15H23N3O4. The van der Waals surface area contributed by atoms with Crippen molar-refractivity contribution in [2.75, 3.05) is 12.0 Å². The third-order valence-corrected chi connectivity index (χ3v) is 3.11. The minimum absolute atomic E-state index is 0.101. The summed E-state index contributed by atoms with van der Waals surface area (Å²) in [6.45, 7) is 8.35. The lowest BCUT2D eigenvalue weighted by molar-refractivity contribution is -0.118. The molecule has 0 bridgehead atoms. The maximum atomic E-state index is 12.1. The Balaban J connectivity index is 2.84. The highest BCUT2D eigenvalue weighted by atomic mass is 16.4. The van der Waals surface area contributed by atoms with Gasteiger partial charge in [-0.2, -0.15) is 0 Å². The molecule has 0 fully saturated rings. The molecule has 2 amide bonds. The maximum absolute atomic E-state index is 12.1. The van der Waals surface area contributed by atoms with Crippen molar-refractivity contribution in [1.29, 1.82) is 0 Å². The number of nitrogens with zero attached hydrogens (tertiary/aromatic N) is 2. The number of hydrogen-bond donors (Lipinski definition) is 2. The van der Waals surface area contributed by atoms with Crippen LogP contribution in [0.1, 0.15) is 45.1 Å². The number of nitrogens with one attached hydrogen (secondary N) is 1. The molecule has 0 aliphatic heterocycles. The Kier molecular flexibility index (Phi) is 5.35. The number of aromatic nitrogens is 1. The van der Waals surface area contributed by atoms with E-state index in [1.54, 1.807) is 52.9 Å². The van der Waals surface area contributed by atoms with Crippen molar-refractivity contribution in [3.63, 3.8) is 0 Å². The van der Waals surface area contributed by atoms with Gasteiger partial charge in [0.1, 0.15) is 12.2 Å². The minimum atomic E-state index is -1.17. The first-order chi connectivity index (χ1) is 10.0. The summed E-state index contributed by atoms with van der Waals surface area (Å²) in [6, 6.07) is 3.26. The van der Waals surface area contributed by atoms with Crippen LogP contribution in [-0.4, -0.2) is 44.5 Å². The minimum Gasteiger partial charge on any atom is -0.465 e. The van der Waals surface area contributed by atoms with Gasteiger partial charge in [0.15, 0.2) is 5.78 Å². The highest BCUT2D eigenvalue weighted by Gasteiger charge is 2.28. The topological polar surface area (TPSA) is 91.6 Å². The largest absolute Gasteiger partial charge is 0.465 e. The molecule has 0 aromatic carbocycles. The van der Waals surface area contributed by atoms with Crippen molar-refractivity contribution >= 4 is 17.8 Å². The van der Waals surface area contributed by atoms with Gasteiger partial charge in [0.25, 0.3) is 5.91 Å². The third-order valence-electron chi connectivity index (χ3n) is 3.11. The van der Waals surface area contributed by atoms with E-state index >= 15 is 0 Å². The Morgan fingerprint density at radius 1 is 1.32 bits per heavy atom. The molecule has 0 spiro atoms. The van der Waals surface area contributed by atoms with E-state index in [2.05, 4.69) is 5.43 Å². The Morgan fingerprint density at radius 2 is 1.91 bits per heavy atom. The molecule has 0 saturated heterocycles. The van der Waals surface area contributed by atoms with E-state index in [1.165, 1.54) is 4.68 Å². The van der Waals surface area contributed by atoms with Gasteiger partial charge in [-0.1, -0.05) is 13.8 Å². The van der Waals surface area contributed by atoms with Crippen molar-refractivity contribution in [2.45, 2.75) is 40.2 Å². The van der Waals surface area contributed by atoms with Gasteiger partial charge in [0.05, 0.1) is 0 Å².